The molecule has 3 aromatic rings. The summed E-state index contributed by atoms with van der Waals surface area (Å²) in [6.07, 6.45) is 3.54. The van der Waals surface area contributed by atoms with Crippen molar-refractivity contribution < 1.29 is 9.59 Å². The number of aromatic nitrogens is 3. The topological polar surface area (TPSA) is 80.1 Å². The first-order valence-electron chi connectivity index (χ1n) is 11.4. The van der Waals surface area contributed by atoms with Gasteiger partial charge in [-0.2, -0.15) is 0 Å². The lowest BCUT2D eigenvalue weighted by Crippen LogP contribution is -2.31. The fraction of sp³-hybridized carbons (Fsp3) is 0.360. The number of carbonyl (C=O) groups excluding carboxylic acids is 2. The standard InChI is InChI=1S/C25H29N5O2S/c1-18(2)23(32)26-20-13-11-19(12-14-20)22(31)17-33-25-28-27-24(29-15-7-4-8-16-29)30(25)21-9-5-3-6-10-21/h3,5-6,9-14,18H,4,7-8,15-17H2,1-2H3,(H,26,32). The third-order valence-electron chi connectivity index (χ3n) is 5.60. The van der Waals surface area contributed by atoms with Gasteiger partial charge in [-0.05, 0) is 55.7 Å². The van der Waals surface area contributed by atoms with E-state index in [4.69, 9.17) is 0 Å². The highest BCUT2D eigenvalue weighted by Gasteiger charge is 2.22. The van der Waals surface area contributed by atoms with Crippen LogP contribution in [0.25, 0.3) is 5.69 Å². The molecule has 172 valence electrons. The van der Waals surface area contributed by atoms with Gasteiger partial charge in [0, 0.05) is 30.3 Å². The number of anilines is 2. The summed E-state index contributed by atoms with van der Waals surface area (Å²) in [5, 5.41) is 12.5. The molecular weight excluding hydrogens is 434 g/mol. The van der Waals surface area contributed by atoms with Crippen LogP contribution in [0.1, 0.15) is 43.5 Å². The summed E-state index contributed by atoms with van der Waals surface area (Å²) < 4.78 is 2.05. The molecule has 1 fully saturated rings. The molecule has 1 aromatic heterocycles. The minimum absolute atomic E-state index is 0.00358. The molecule has 8 heteroatoms. The van der Waals surface area contributed by atoms with Gasteiger partial charge in [0.2, 0.25) is 11.9 Å². The largest absolute Gasteiger partial charge is 0.341 e. The first kappa shape index (κ1) is 23.0. The van der Waals surface area contributed by atoms with Crippen LogP contribution >= 0.6 is 11.8 Å². The van der Waals surface area contributed by atoms with E-state index in [9.17, 15) is 9.59 Å². The van der Waals surface area contributed by atoms with Gasteiger partial charge < -0.3 is 10.2 Å². The van der Waals surface area contributed by atoms with E-state index in [-0.39, 0.29) is 23.4 Å². The number of ketones is 1. The molecule has 0 radical (unpaired) electrons. The lowest BCUT2D eigenvalue weighted by atomic mass is 10.1. The molecule has 0 saturated carbocycles. The maximum Gasteiger partial charge on any atom is 0.232 e. The summed E-state index contributed by atoms with van der Waals surface area (Å²) in [6, 6.07) is 17.1. The van der Waals surface area contributed by atoms with Crippen LogP contribution in [0.2, 0.25) is 0 Å². The maximum absolute atomic E-state index is 12.8. The van der Waals surface area contributed by atoms with Crippen LogP contribution in [0.15, 0.2) is 59.8 Å². The van der Waals surface area contributed by atoms with Gasteiger partial charge in [-0.1, -0.05) is 43.8 Å². The Hall–Kier alpha value is -3.13. The van der Waals surface area contributed by atoms with Gasteiger partial charge in [0.05, 0.1) is 11.4 Å². The number of Topliss-reactive ketones (excluding diaryl/α,β-unsaturated/α-hetero) is 1. The molecule has 1 saturated heterocycles. The fourth-order valence-electron chi connectivity index (χ4n) is 3.70. The molecule has 2 aromatic carbocycles. The van der Waals surface area contributed by atoms with Crippen LogP contribution in [-0.4, -0.2) is 45.3 Å². The van der Waals surface area contributed by atoms with Gasteiger partial charge in [0.15, 0.2) is 10.9 Å². The van der Waals surface area contributed by atoms with Crippen molar-refractivity contribution in [1.82, 2.24) is 14.8 Å². The van der Waals surface area contributed by atoms with Gasteiger partial charge in [-0.15, -0.1) is 10.2 Å². The van der Waals surface area contributed by atoms with Crippen LogP contribution in [0, 0.1) is 5.92 Å². The molecule has 1 amide bonds. The van der Waals surface area contributed by atoms with Crippen LogP contribution in [-0.2, 0) is 4.79 Å². The quantitative estimate of drug-likeness (QED) is 0.381. The Balaban J connectivity index is 1.48. The minimum atomic E-state index is -0.0977. The highest BCUT2D eigenvalue weighted by atomic mass is 32.2. The number of piperidine rings is 1. The zero-order valence-electron chi connectivity index (χ0n) is 19.0. The third kappa shape index (κ3) is 5.63. The van der Waals surface area contributed by atoms with Crippen molar-refractivity contribution in [3.63, 3.8) is 0 Å². The van der Waals surface area contributed by atoms with Crippen molar-refractivity contribution in [1.29, 1.82) is 0 Å². The molecule has 0 spiro atoms. The van der Waals surface area contributed by atoms with E-state index in [2.05, 4.69) is 20.4 Å². The number of thioether (sulfide) groups is 1. The average Bonchev–Trinajstić information content (AvgIpc) is 3.28. The van der Waals surface area contributed by atoms with E-state index in [0.29, 0.717) is 16.4 Å². The number of hydrogen-bond donors (Lipinski definition) is 1. The normalized spacial score (nSPS) is 13.8. The molecule has 7 nitrogen and oxygen atoms in total. The van der Waals surface area contributed by atoms with Gasteiger partial charge in [0.1, 0.15) is 0 Å². The van der Waals surface area contributed by atoms with Crippen molar-refractivity contribution in [2.75, 3.05) is 29.1 Å². The Morgan fingerprint density at radius 3 is 2.33 bits per heavy atom. The van der Waals surface area contributed by atoms with Crippen molar-refractivity contribution in [3.8, 4) is 5.69 Å². The van der Waals surface area contributed by atoms with Crippen LogP contribution < -0.4 is 10.2 Å². The number of carbonyl (C=O) groups is 2. The van der Waals surface area contributed by atoms with Crippen molar-refractivity contribution >= 4 is 35.1 Å². The number of hydrogen-bond acceptors (Lipinski definition) is 6. The number of rotatable bonds is 8. The van der Waals surface area contributed by atoms with E-state index in [0.717, 1.165) is 37.6 Å². The highest BCUT2D eigenvalue weighted by Crippen LogP contribution is 2.28. The summed E-state index contributed by atoms with van der Waals surface area (Å²) in [5.74, 6) is 0.946. The molecule has 1 aliphatic heterocycles. The number of nitrogens with one attached hydrogen (secondary N) is 1. The van der Waals surface area contributed by atoms with Crippen molar-refractivity contribution in [3.05, 3.63) is 60.2 Å². The summed E-state index contributed by atoms with van der Waals surface area (Å²) in [5.41, 5.74) is 2.28. The Bertz CT molecular complexity index is 1090. The maximum atomic E-state index is 12.8. The van der Waals surface area contributed by atoms with Crippen LogP contribution in [0.5, 0.6) is 0 Å². The Kier molecular flexibility index (Phi) is 7.44. The van der Waals surface area contributed by atoms with Gasteiger partial charge >= 0.3 is 0 Å². The first-order valence-corrected chi connectivity index (χ1v) is 12.3. The van der Waals surface area contributed by atoms with Crippen LogP contribution in [0.4, 0.5) is 11.6 Å². The molecule has 0 unspecified atom stereocenters. The number of nitrogens with zero attached hydrogens (tertiary/aromatic N) is 4. The highest BCUT2D eigenvalue weighted by molar-refractivity contribution is 7.99. The van der Waals surface area contributed by atoms with Crippen LogP contribution in [0.3, 0.4) is 0 Å². The zero-order valence-corrected chi connectivity index (χ0v) is 19.8. The Labute approximate surface area is 198 Å². The SMILES string of the molecule is CC(C)C(=O)Nc1ccc(C(=O)CSc2nnc(N3CCCCC3)n2-c2ccccc2)cc1. The molecule has 0 bridgehead atoms. The van der Waals surface area contributed by atoms with E-state index in [1.54, 1.807) is 24.3 Å². The molecule has 0 atom stereocenters. The number of benzene rings is 2. The summed E-state index contributed by atoms with van der Waals surface area (Å²) in [4.78, 5) is 27.0. The lowest BCUT2D eigenvalue weighted by Gasteiger charge is -2.27. The molecule has 4 rings (SSSR count). The summed E-state index contributed by atoms with van der Waals surface area (Å²) in [7, 11) is 0. The van der Waals surface area contributed by atoms with Gasteiger partial charge in [-0.3, -0.25) is 14.2 Å². The number of amides is 1. The van der Waals surface area contributed by atoms with Gasteiger partial charge in [-0.25, -0.2) is 0 Å². The van der Waals surface area contributed by atoms with Crippen molar-refractivity contribution in [2.24, 2.45) is 5.92 Å². The molecule has 1 N–H and O–H groups in total. The molecular formula is C25H29N5O2S. The second-order valence-electron chi connectivity index (χ2n) is 8.43. The Morgan fingerprint density at radius 2 is 1.67 bits per heavy atom. The predicted octanol–water partition coefficient (Wildman–Crippen LogP) is 4.83. The van der Waals surface area contributed by atoms with Crippen molar-refractivity contribution in [2.45, 2.75) is 38.3 Å². The average molecular weight is 464 g/mol. The molecule has 2 heterocycles. The zero-order chi connectivity index (χ0) is 23.2. The summed E-state index contributed by atoms with van der Waals surface area (Å²) in [6.45, 7) is 5.62. The monoisotopic (exact) mass is 463 g/mol. The molecule has 1 aliphatic rings. The third-order valence-corrected chi connectivity index (χ3v) is 6.53. The second kappa shape index (κ2) is 10.7. The smallest absolute Gasteiger partial charge is 0.232 e. The predicted molar refractivity (Wildman–Crippen MR) is 132 cm³/mol. The van der Waals surface area contributed by atoms with E-state index in [1.807, 2.05) is 48.7 Å². The minimum Gasteiger partial charge on any atom is -0.341 e. The second-order valence-corrected chi connectivity index (χ2v) is 9.38. The van der Waals surface area contributed by atoms with E-state index < -0.39 is 0 Å². The van der Waals surface area contributed by atoms with E-state index >= 15 is 0 Å². The van der Waals surface area contributed by atoms with Gasteiger partial charge in [0.25, 0.3) is 0 Å². The fourth-order valence-corrected chi connectivity index (χ4v) is 4.54. The van der Waals surface area contributed by atoms with E-state index in [1.165, 1.54) is 18.2 Å². The number of para-hydroxylation sites is 1. The molecule has 33 heavy (non-hydrogen) atoms. The first-order chi connectivity index (χ1) is 16.0. The molecule has 0 aliphatic carbocycles. The Morgan fingerprint density at radius 1 is 0.970 bits per heavy atom. The lowest BCUT2D eigenvalue weighted by molar-refractivity contribution is -0.118. The summed E-state index contributed by atoms with van der Waals surface area (Å²) >= 11 is 1.39.